The van der Waals surface area contributed by atoms with Crippen molar-refractivity contribution in [2.24, 2.45) is 5.92 Å². The third-order valence-electron chi connectivity index (χ3n) is 3.90. The summed E-state index contributed by atoms with van der Waals surface area (Å²) in [4.78, 5) is 34.8. The summed E-state index contributed by atoms with van der Waals surface area (Å²) in [5, 5.41) is 9.78. The van der Waals surface area contributed by atoms with Crippen LogP contribution in [0.15, 0.2) is 24.3 Å². The van der Waals surface area contributed by atoms with E-state index in [0.717, 1.165) is 24.8 Å². The Balaban J connectivity index is 2.50. The van der Waals surface area contributed by atoms with Gasteiger partial charge in [-0.05, 0) is 24.1 Å². The molecule has 0 bridgehead atoms. The maximum atomic E-state index is 12.2. The minimum absolute atomic E-state index is 0.102. The second kappa shape index (κ2) is 11.9. The Bertz CT molecular complexity index is 577. The van der Waals surface area contributed by atoms with Crippen molar-refractivity contribution in [3.63, 3.8) is 0 Å². The molecular formula is C18H27N3O5. The predicted octanol–water partition coefficient (Wildman–Crippen LogP) is 1.43. The van der Waals surface area contributed by atoms with Crippen molar-refractivity contribution in [2.75, 3.05) is 13.7 Å². The molecule has 0 aliphatic heterocycles. The molecule has 8 heteroatoms. The zero-order valence-corrected chi connectivity index (χ0v) is 15.2. The number of rotatable bonds is 11. The molecule has 0 spiro atoms. The van der Waals surface area contributed by atoms with Crippen LogP contribution < -0.4 is 15.6 Å². The fourth-order valence-electron chi connectivity index (χ4n) is 2.42. The van der Waals surface area contributed by atoms with Crippen LogP contribution >= 0.6 is 0 Å². The standard InChI is InChI=1S/C18H27N3O5/c1-3-4-5-6-15(12-21(25)13-22)18(24)20-19-17(23)11-14-7-9-16(26-2)10-8-14/h7-10,13,15,25H,3-6,11-12H2,1-2H3,(H,19,23)(H,20,24)/t15-/m1/s1. The quantitative estimate of drug-likeness (QED) is 0.238. The lowest BCUT2D eigenvalue weighted by atomic mass is 10.0. The molecule has 1 aromatic carbocycles. The Morgan fingerprint density at radius 1 is 1.23 bits per heavy atom. The molecule has 1 rings (SSSR count). The second-order valence-corrected chi connectivity index (χ2v) is 5.98. The molecule has 0 radical (unpaired) electrons. The van der Waals surface area contributed by atoms with E-state index in [1.165, 1.54) is 0 Å². The van der Waals surface area contributed by atoms with Gasteiger partial charge in [0.05, 0.1) is 26.0 Å². The van der Waals surface area contributed by atoms with Gasteiger partial charge in [0.1, 0.15) is 5.75 Å². The highest BCUT2D eigenvalue weighted by Gasteiger charge is 2.21. The lowest BCUT2D eigenvalue weighted by molar-refractivity contribution is -0.155. The molecule has 0 saturated heterocycles. The van der Waals surface area contributed by atoms with Crippen LogP contribution in [0.4, 0.5) is 0 Å². The SMILES string of the molecule is CCCCC[C@H](CN(O)C=O)C(=O)NNC(=O)Cc1ccc(OC)cc1. The Hall–Kier alpha value is -2.61. The first-order valence-corrected chi connectivity index (χ1v) is 8.62. The van der Waals surface area contributed by atoms with E-state index >= 15 is 0 Å². The maximum absolute atomic E-state index is 12.2. The lowest BCUT2D eigenvalue weighted by Gasteiger charge is -2.19. The summed E-state index contributed by atoms with van der Waals surface area (Å²) >= 11 is 0. The molecule has 1 atom stereocenters. The van der Waals surface area contributed by atoms with Crippen LogP contribution in [0.3, 0.4) is 0 Å². The number of carbonyl (C=O) groups is 3. The first-order chi connectivity index (χ1) is 12.5. The van der Waals surface area contributed by atoms with Crippen molar-refractivity contribution in [2.45, 2.75) is 39.0 Å². The van der Waals surface area contributed by atoms with Gasteiger partial charge in [0.25, 0.3) is 0 Å². The topological polar surface area (TPSA) is 108 Å². The fraction of sp³-hybridized carbons (Fsp3) is 0.500. The molecule has 3 N–H and O–H groups in total. The number of hydrazine groups is 1. The van der Waals surface area contributed by atoms with Gasteiger partial charge >= 0.3 is 0 Å². The molecular weight excluding hydrogens is 338 g/mol. The molecule has 26 heavy (non-hydrogen) atoms. The monoisotopic (exact) mass is 365 g/mol. The molecule has 0 aliphatic carbocycles. The highest BCUT2D eigenvalue weighted by atomic mass is 16.5. The highest BCUT2D eigenvalue weighted by molar-refractivity contribution is 5.84. The Kier molecular flexibility index (Phi) is 9.78. The van der Waals surface area contributed by atoms with E-state index in [4.69, 9.17) is 4.74 Å². The number of hydroxylamine groups is 2. The summed E-state index contributed by atoms with van der Waals surface area (Å²) in [6.07, 6.45) is 3.59. The minimum atomic E-state index is -0.599. The van der Waals surface area contributed by atoms with E-state index < -0.39 is 11.8 Å². The van der Waals surface area contributed by atoms with Gasteiger partial charge < -0.3 is 4.74 Å². The number of benzene rings is 1. The fourth-order valence-corrected chi connectivity index (χ4v) is 2.42. The molecule has 0 aromatic heterocycles. The van der Waals surface area contributed by atoms with Crippen LogP contribution in [-0.2, 0) is 20.8 Å². The summed E-state index contributed by atoms with van der Waals surface area (Å²) in [7, 11) is 1.56. The van der Waals surface area contributed by atoms with E-state index in [-0.39, 0.29) is 25.3 Å². The Morgan fingerprint density at radius 2 is 1.92 bits per heavy atom. The molecule has 8 nitrogen and oxygen atoms in total. The average Bonchev–Trinajstić information content (AvgIpc) is 2.65. The summed E-state index contributed by atoms with van der Waals surface area (Å²) in [6, 6.07) is 7.03. The Labute approximate surface area is 153 Å². The van der Waals surface area contributed by atoms with Gasteiger partial charge in [-0.3, -0.25) is 30.4 Å². The number of nitrogens with one attached hydrogen (secondary N) is 2. The molecule has 0 unspecified atom stereocenters. The lowest BCUT2D eigenvalue weighted by Crippen LogP contribution is -2.47. The zero-order chi connectivity index (χ0) is 19.4. The summed E-state index contributed by atoms with van der Waals surface area (Å²) in [6.45, 7) is 1.92. The zero-order valence-electron chi connectivity index (χ0n) is 15.2. The van der Waals surface area contributed by atoms with Crippen LogP contribution in [0.2, 0.25) is 0 Å². The summed E-state index contributed by atoms with van der Waals surface area (Å²) < 4.78 is 5.05. The molecule has 0 aliphatic rings. The minimum Gasteiger partial charge on any atom is -0.497 e. The normalized spacial score (nSPS) is 11.3. The van der Waals surface area contributed by atoms with Crippen molar-refractivity contribution in [3.05, 3.63) is 29.8 Å². The number of amides is 3. The predicted molar refractivity (Wildman–Crippen MR) is 95.2 cm³/mol. The number of unbranched alkanes of at least 4 members (excludes halogenated alkanes) is 2. The number of carbonyl (C=O) groups excluding carboxylic acids is 3. The van der Waals surface area contributed by atoms with E-state index in [1.807, 2.05) is 6.92 Å². The largest absolute Gasteiger partial charge is 0.497 e. The third kappa shape index (κ3) is 7.98. The van der Waals surface area contributed by atoms with Crippen molar-refractivity contribution in [3.8, 4) is 5.75 Å². The van der Waals surface area contributed by atoms with Crippen molar-refractivity contribution >= 4 is 18.2 Å². The highest BCUT2D eigenvalue weighted by Crippen LogP contribution is 2.12. The van der Waals surface area contributed by atoms with Gasteiger partial charge in [-0.15, -0.1) is 0 Å². The number of ether oxygens (including phenoxy) is 1. The van der Waals surface area contributed by atoms with Gasteiger partial charge in [0, 0.05) is 0 Å². The molecule has 0 saturated carbocycles. The van der Waals surface area contributed by atoms with E-state index in [2.05, 4.69) is 10.9 Å². The first-order valence-electron chi connectivity index (χ1n) is 8.62. The van der Waals surface area contributed by atoms with Crippen molar-refractivity contribution < 1.29 is 24.3 Å². The van der Waals surface area contributed by atoms with Crippen molar-refractivity contribution in [1.82, 2.24) is 15.9 Å². The first kappa shape index (κ1) is 21.4. The van der Waals surface area contributed by atoms with Crippen LogP contribution in [0, 0.1) is 5.92 Å². The number of hydrogen-bond donors (Lipinski definition) is 3. The maximum Gasteiger partial charge on any atom is 0.243 e. The van der Waals surface area contributed by atoms with E-state index in [1.54, 1.807) is 31.4 Å². The van der Waals surface area contributed by atoms with Crippen molar-refractivity contribution in [1.29, 1.82) is 0 Å². The van der Waals surface area contributed by atoms with Gasteiger partial charge in [0.15, 0.2) is 0 Å². The van der Waals surface area contributed by atoms with Crippen LogP contribution in [0.1, 0.15) is 38.2 Å². The van der Waals surface area contributed by atoms with Gasteiger partial charge in [-0.25, -0.2) is 5.06 Å². The van der Waals surface area contributed by atoms with E-state index in [9.17, 15) is 19.6 Å². The molecule has 0 heterocycles. The number of nitrogens with zero attached hydrogens (tertiary/aromatic N) is 1. The molecule has 1 aromatic rings. The second-order valence-electron chi connectivity index (χ2n) is 5.98. The van der Waals surface area contributed by atoms with Crippen LogP contribution in [0.25, 0.3) is 0 Å². The average molecular weight is 365 g/mol. The summed E-state index contributed by atoms with van der Waals surface area (Å²) in [5.74, 6) is -0.712. The third-order valence-corrected chi connectivity index (χ3v) is 3.90. The van der Waals surface area contributed by atoms with Crippen LogP contribution in [-0.4, -0.2) is 42.1 Å². The summed E-state index contributed by atoms with van der Waals surface area (Å²) in [5.41, 5.74) is 5.51. The molecule has 0 fully saturated rings. The molecule has 3 amide bonds. The Morgan fingerprint density at radius 3 is 2.50 bits per heavy atom. The van der Waals surface area contributed by atoms with Gasteiger partial charge in [-0.2, -0.15) is 0 Å². The molecule has 144 valence electrons. The van der Waals surface area contributed by atoms with Crippen LogP contribution in [0.5, 0.6) is 5.75 Å². The van der Waals surface area contributed by atoms with Gasteiger partial charge in [-0.1, -0.05) is 38.3 Å². The van der Waals surface area contributed by atoms with E-state index in [0.29, 0.717) is 17.2 Å². The number of methoxy groups -OCH3 is 1. The van der Waals surface area contributed by atoms with Gasteiger partial charge in [0.2, 0.25) is 18.2 Å². The smallest absolute Gasteiger partial charge is 0.243 e. The number of hydrogen-bond acceptors (Lipinski definition) is 5.